The first kappa shape index (κ1) is 23.0. The molecule has 3 saturated carbocycles. The molecule has 1 unspecified atom stereocenters. The Hall–Kier alpha value is -0.649. The zero-order chi connectivity index (χ0) is 21.7. The summed E-state index contributed by atoms with van der Waals surface area (Å²) in [5, 5.41) is 1.29. The minimum Gasteiger partial charge on any atom is -0.436 e. The van der Waals surface area contributed by atoms with Crippen LogP contribution >= 0.6 is 0 Å². The molecular formula is C24H40O2Si3. The molecule has 3 fully saturated rings. The third-order valence-electron chi connectivity index (χ3n) is 7.52. The smallest absolute Gasteiger partial charge is 0.311 e. The highest BCUT2D eigenvalue weighted by molar-refractivity contribution is 6.93. The summed E-state index contributed by atoms with van der Waals surface area (Å²) in [7, 11) is -6.05. The SMILES string of the molecule is C#Cc1ccc([Si](C)(C)O[Si](C)(C)O[Si](C)(C)CC2CC[C@@H]3C[C@H]2C3(C)C)cc1. The maximum atomic E-state index is 6.92. The molecule has 0 saturated heterocycles. The van der Waals surface area contributed by atoms with Crippen LogP contribution in [0.3, 0.4) is 0 Å². The Bertz CT molecular complexity index is 772. The molecule has 5 heteroatoms. The second-order valence-electron chi connectivity index (χ2n) is 11.5. The second kappa shape index (κ2) is 7.80. The number of benzene rings is 1. The molecule has 0 amide bonds. The lowest BCUT2D eigenvalue weighted by molar-refractivity contribution is -0.0995. The van der Waals surface area contributed by atoms with Gasteiger partial charge in [-0.05, 0) is 98.7 Å². The van der Waals surface area contributed by atoms with Gasteiger partial charge in [-0.3, -0.25) is 0 Å². The molecule has 1 aromatic carbocycles. The number of fused-ring (bicyclic) bond motifs is 2. The third-order valence-corrected chi connectivity index (χ3v) is 18.9. The highest BCUT2D eigenvalue weighted by Gasteiger charge is 2.55. The van der Waals surface area contributed by atoms with Crippen LogP contribution in [0.4, 0.5) is 0 Å². The van der Waals surface area contributed by atoms with Gasteiger partial charge in [0.05, 0.1) is 0 Å². The molecule has 29 heavy (non-hydrogen) atoms. The first-order chi connectivity index (χ1) is 13.3. The highest BCUT2D eigenvalue weighted by atomic mass is 28.5. The Morgan fingerprint density at radius 3 is 2.14 bits per heavy atom. The fourth-order valence-electron chi connectivity index (χ4n) is 6.21. The van der Waals surface area contributed by atoms with Crippen LogP contribution < -0.4 is 5.19 Å². The molecule has 0 spiro atoms. The van der Waals surface area contributed by atoms with Gasteiger partial charge in [0.1, 0.15) is 0 Å². The van der Waals surface area contributed by atoms with Crippen molar-refractivity contribution in [2.45, 2.75) is 78.4 Å². The van der Waals surface area contributed by atoms with Crippen molar-refractivity contribution < 1.29 is 8.23 Å². The zero-order valence-electron chi connectivity index (χ0n) is 19.8. The van der Waals surface area contributed by atoms with Crippen molar-refractivity contribution in [1.29, 1.82) is 0 Å². The molecule has 4 rings (SSSR count). The zero-order valence-corrected chi connectivity index (χ0v) is 22.8. The fourth-order valence-corrected chi connectivity index (χ4v) is 20.5. The Morgan fingerprint density at radius 2 is 1.62 bits per heavy atom. The summed E-state index contributed by atoms with van der Waals surface area (Å²) in [4.78, 5) is 0. The van der Waals surface area contributed by atoms with Gasteiger partial charge in [-0.2, -0.15) is 0 Å². The number of hydrogen-bond donors (Lipinski definition) is 0. The van der Waals surface area contributed by atoms with Gasteiger partial charge in [0, 0.05) is 5.56 Å². The van der Waals surface area contributed by atoms with Gasteiger partial charge >= 0.3 is 8.56 Å². The van der Waals surface area contributed by atoms with Gasteiger partial charge in [-0.1, -0.05) is 38.3 Å². The fraction of sp³-hybridized carbons (Fsp3) is 0.667. The van der Waals surface area contributed by atoms with E-state index in [0.717, 1.165) is 23.3 Å². The van der Waals surface area contributed by atoms with Crippen LogP contribution in [0.15, 0.2) is 24.3 Å². The Morgan fingerprint density at radius 1 is 1.00 bits per heavy atom. The van der Waals surface area contributed by atoms with Crippen LogP contribution in [0.25, 0.3) is 0 Å². The molecule has 0 radical (unpaired) electrons. The van der Waals surface area contributed by atoms with E-state index in [0.29, 0.717) is 5.41 Å². The van der Waals surface area contributed by atoms with Crippen LogP contribution in [0.1, 0.15) is 38.7 Å². The predicted molar refractivity (Wildman–Crippen MR) is 132 cm³/mol. The highest BCUT2D eigenvalue weighted by Crippen LogP contribution is 2.62. The molecule has 0 aliphatic heterocycles. The van der Waals surface area contributed by atoms with E-state index in [4.69, 9.17) is 14.7 Å². The van der Waals surface area contributed by atoms with Crippen LogP contribution in [0.2, 0.25) is 45.3 Å². The first-order valence-corrected chi connectivity index (χ1v) is 20.1. The van der Waals surface area contributed by atoms with Crippen molar-refractivity contribution in [3.8, 4) is 12.3 Å². The van der Waals surface area contributed by atoms with Gasteiger partial charge < -0.3 is 8.23 Å². The first-order valence-electron chi connectivity index (χ1n) is 11.2. The van der Waals surface area contributed by atoms with Crippen LogP contribution in [-0.4, -0.2) is 25.2 Å². The molecule has 1 aromatic rings. The summed E-state index contributed by atoms with van der Waals surface area (Å²) < 4.78 is 13.7. The molecule has 0 N–H and O–H groups in total. The van der Waals surface area contributed by atoms with E-state index >= 15 is 0 Å². The Balaban J connectivity index is 1.64. The summed E-state index contributed by atoms with van der Waals surface area (Å²) >= 11 is 0. The molecule has 0 heterocycles. The van der Waals surface area contributed by atoms with Crippen molar-refractivity contribution in [1.82, 2.24) is 0 Å². The predicted octanol–water partition coefficient (Wildman–Crippen LogP) is 6.09. The molecule has 3 aliphatic rings. The molecule has 3 aliphatic carbocycles. The van der Waals surface area contributed by atoms with E-state index in [-0.39, 0.29) is 0 Å². The average Bonchev–Trinajstić information content (AvgIpc) is 2.59. The molecular weight excluding hydrogens is 405 g/mol. The van der Waals surface area contributed by atoms with Crippen LogP contribution in [0.5, 0.6) is 0 Å². The number of terminal acetylenes is 1. The number of hydrogen-bond acceptors (Lipinski definition) is 2. The normalized spacial score (nSPS) is 26.5. The van der Waals surface area contributed by atoms with Gasteiger partial charge in [0.25, 0.3) is 0 Å². The minimum atomic E-state index is -2.23. The summed E-state index contributed by atoms with van der Waals surface area (Å²) in [6, 6.07) is 9.63. The van der Waals surface area contributed by atoms with E-state index in [2.05, 4.69) is 71.2 Å². The molecule has 0 aromatic heterocycles. The standard InChI is InChI=1S/C24H40O2Si3/c1-10-19-11-15-22(16-12-19)28(6,7)26-29(8,9)25-27(4,5)18-20-13-14-21-17-23(20)24(21,2)3/h1,11-12,15-16,20-21,23H,13-14,17-18H2,2-9H3/t20?,21-,23-/m1/s1. The van der Waals surface area contributed by atoms with E-state index in [1.807, 2.05) is 12.1 Å². The van der Waals surface area contributed by atoms with E-state index in [1.54, 1.807) is 0 Å². The van der Waals surface area contributed by atoms with Crippen molar-refractivity contribution in [3.63, 3.8) is 0 Å². The van der Waals surface area contributed by atoms with Crippen molar-refractivity contribution in [2.24, 2.45) is 23.2 Å². The summed E-state index contributed by atoms with van der Waals surface area (Å²) in [6.07, 6.45) is 9.79. The number of rotatable bonds is 7. The van der Waals surface area contributed by atoms with E-state index in [1.165, 1.54) is 30.5 Å². The maximum Gasteiger partial charge on any atom is 0.311 e. The quantitative estimate of drug-likeness (QED) is 0.374. The van der Waals surface area contributed by atoms with Crippen molar-refractivity contribution in [2.75, 3.05) is 0 Å². The summed E-state index contributed by atoms with van der Waals surface area (Å²) in [5.41, 5.74) is 1.48. The van der Waals surface area contributed by atoms with Gasteiger partial charge in [-0.15, -0.1) is 6.42 Å². The van der Waals surface area contributed by atoms with E-state index < -0.39 is 25.2 Å². The average molecular weight is 445 g/mol. The van der Waals surface area contributed by atoms with Crippen LogP contribution in [-0.2, 0) is 8.23 Å². The summed E-state index contributed by atoms with van der Waals surface area (Å²) in [5.74, 6) is 5.42. The lowest BCUT2D eigenvalue weighted by atomic mass is 9.46. The second-order valence-corrected chi connectivity index (χ2v) is 23.5. The van der Waals surface area contributed by atoms with Gasteiger partial charge in [0.2, 0.25) is 8.32 Å². The molecule has 2 bridgehead atoms. The Labute approximate surface area is 182 Å². The van der Waals surface area contributed by atoms with Crippen LogP contribution in [0, 0.1) is 35.5 Å². The van der Waals surface area contributed by atoms with Crippen molar-refractivity contribution in [3.05, 3.63) is 29.8 Å². The maximum absolute atomic E-state index is 6.92. The minimum absolute atomic E-state index is 0.552. The molecule has 160 valence electrons. The van der Waals surface area contributed by atoms with Crippen molar-refractivity contribution >= 4 is 30.4 Å². The van der Waals surface area contributed by atoms with Gasteiger partial charge in [-0.25, -0.2) is 0 Å². The largest absolute Gasteiger partial charge is 0.436 e. The summed E-state index contributed by atoms with van der Waals surface area (Å²) in [6.45, 7) is 18.9. The third kappa shape index (κ3) is 4.99. The molecule has 3 atom stereocenters. The lowest BCUT2D eigenvalue weighted by Gasteiger charge is -2.61. The van der Waals surface area contributed by atoms with Gasteiger partial charge in [0.15, 0.2) is 8.32 Å². The van der Waals surface area contributed by atoms with E-state index in [9.17, 15) is 0 Å². The lowest BCUT2D eigenvalue weighted by Crippen LogP contribution is -2.58. The monoisotopic (exact) mass is 444 g/mol. The Kier molecular flexibility index (Phi) is 6.19. The molecule has 2 nitrogen and oxygen atoms in total. The topological polar surface area (TPSA) is 18.5 Å².